The Morgan fingerprint density at radius 2 is 1.90 bits per heavy atom. The lowest BCUT2D eigenvalue weighted by atomic mass is 10.2. The molecule has 0 aliphatic heterocycles. The zero-order valence-corrected chi connectivity index (χ0v) is 12.1. The minimum absolute atomic E-state index is 0. The van der Waals surface area contributed by atoms with Crippen molar-refractivity contribution in [2.45, 2.75) is 13.3 Å². The van der Waals surface area contributed by atoms with Crippen molar-refractivity contribution in [3.05, 3.63) is 53.7 Å². The van der Waals surface area contributed by atoms with Gasteiger partial charge in [-0.15, -0.1) is 12.4 Å². The molecule has 0 fully saturated rings. The lowest BCUT2D eigenvalue weighted by molar-refractivity contribution is 0.147. The molecule has 0 saturated carbocycles. The maximum absolute atomic E-state index is 13.1. The van der Waals surface area contributed by atoms with Crippen molar-refractivity contribution in [3.8, 4) is 5.69 Å². The summed E-state index contributed by atoms with van der Waals surface area (Å²) in [7, 11) is 0. The molecule has 3 nitrogen and oxygen atoms in total. The van der Waals surface area contributed by atoms with Crippen LogP contribution in [0.1, 0.15) is 17.7 Å². The molecule has 0 aliphatic rings. The molecule has 0 aliphatic carbocycles. The van der Waals surface area contributed by atoms with E-state index in [0.717, 1.165) is 11.3 Å². The van der Waals surface area contributed by atoms with Gasteiger partial charge in [-0.2, -0.15) is 5.10 Å². The number of benzene rings is 2. The summed E-state index contributed by atoms with van der Waals surface area (Å²) in [6.07, 6.45) is -2.62. The van der Waals surface area contributed by atoms with Crippen molar-refractivity contribution in [2.24, 2.45) is 0 Å². The second-order valence-corrected chi connectivity index (χ2v) is 4.71. The summed E-state index contributed by atoms with van der Waals surface area (Å²) in [4.78, 5) is 0. The van der Waals surface area contributed by atoms with E-state index in [9.17, 15) is 8.78 Å². The first-order valence-corrected chi connectivity index (χ1v) is 6.19. The van der Waals surface area contributed by atoms with Gasteiger partial charge in [-0.05, 0) is 42.8 Å². The summed E-state index contributed by atoms with van der Waals surface area (Å²) in [5.74, 6) is 0. The standard InChI is InChI=1S/C15H13F2N3.ClH/c1-9-3-2-4-11(7-9)20-13-8-10(18)5-6-12(13)14(19-20)15(16)17;/h2-8,15H,18H2,1H3;1H. The largest absolute Gasteiger partial charge is 0.399 e. The number of nitrogens with two attached hydrogens (primary N) is 1. The average Bonchev–Trinajstić information content (AvgIpc) is 2.77. The van der Waals surface area contributed by atoms with Crippen molar-refractivity contribution in [3.63, 3.8) is 0 Å². The molecule has 110 valence electrons. The van der Waals surface area contributed by atoms with Crippen LogP contribution in [0.2, 0.25) is 0 Å². The Labute approximate surface area is 126 Å². The third-order valence-corrected chi connectivity index (χ3v) is 3.19. The van der Waals surface area contributed by atoms with Gasteiger partial charge in [-0.3, -0.25) is 0 Å². The van der Waals surface area contributed by atoms with Crippen LogP contribution < -0.4 is 5.73 Å². The predicted octanol–water partition coefficient (Wildman–Crippen LogP) is 4.28. The van der Waals surface area contributed by atoms with E-state index >= 15 is 0 Å². The van der Waals surface area contributed by atoms with Crippen LogP contribution >= 0.6 is 12.4 Å². The minimum atomic E-state index is -2.62. The third kappa shape index (κ3) is 2.69. The van der Waals surface area contributed by atoms with E-state index in [-0.39, 0.29) is 18.1 Å². The molecule has 1 heterocycles. The zero-order chi connectivity index (χ0) is 14.3. The van der Waals surface area contributed by atoms with E-state index in [1.54, 1.807) is 18.2 Å². The van der Waals surface area contributed by atoms with E-state index in [0.29, 0.717) is 16.6 Å². The first-order chi connectivity index (χ1) is 9.56. The van der Waals surface area contributed by atoms with Crippen LogP contribution in [-0.4, -0.2) is 9.78 Å². The minimum Gasteiger partial charge on any atom is -0.399 e. The van der Waals surface area contributed by atoms with Gasteiger partial charge in [0.2, 0.25) is 0 Å². The highest BCUT2D eigenvalue weighted by atomic mass is 35.5. The Kier molecular flexibility index (Phi) is 4.14. The van der Waals surface area contributed by atoms with Crippen LogP contribution in [-0.2, 0) is 0 Å². The topological polar surface area (TPSA) is 43.8 Å². The number of hydrogen-bond acceptors (Lipinski definition) is 2. The summed E-state index contributed by atoms with van der Waals surface area (Å²) in [6.45, 7) is 1.94. The maximum atomic E-state index is 13.1. The Hall–Kier alpha value is -2.14. The number of fused-ring (bicyclic) bond motifs is 1. The molecule has 0 unspecified atom stereocenters. The van der Waals surface area contributed by atoms with Gasteiger partial charge < -0.3 is 5.73 Å². The molecule has 3 rings (SSSR count). The van der Waals surface area contributed by atoms with Crippen LogP contribution in [0.3, 0.4) is 0 Å². The molecule has 0 radical (unpaired) electrons. The Balaban J connectivity index is 0.00000161. The fourth-order valence-corrected chi connectivity index (χ4v) is 2.27. The van der Waals surface area contributed by atoms with Gasteiger partial charge in [0.05, 0.1) is 11.2 Å². The molecule has 1 aromatic heterocycles. The molecule has 2 N–H and O–H groups in total. The molecule has 6 heteroatoms. The van der Waals surface area contributed by atoms with Crippen LogP contribution in [0.25, 0.3) is 16.6 Å². The van der Waals surface area contributed by atoms with Crippen LogP contribution in [0, 0.1) is 6.92 Å². The number of aryl methyl sites for hydroxylation is 1. The molecule has 0 bridgehead atoms. The van der Waals surface area contributed by atoms with Crippen LogP contribution in [0.5, 0.6) is 0 Å². The lowest BCUT2D eigenvalue weighted by Gasteiger charge is -2.04. The Morgan fingerprint density at radius 1 is 1.14 bits per heavy atom. The maximum Gasteiger partial charge on any atom is 0.282 e. The number of halogens is 3. The van der Waals surface area contributed by atoms with Crippen molar-refractivity contribution in [2.75, 3.05) is 5.73 Å². The monoisotopic (exact) mass is 309 g/mol. The van der Waals surface area contributed by atoms with Gasteiger partial charge in [0.15, 0.2) is 0 Å². The van der Waals surface area contributed by atoms with Gasteiger partial charge in [-0.1, -0.05) is 12.1 Å². The molecular weight excluding hydrogens is 296 g/mol. The molecule has 2 aromatic carbocycles. The second-order valence-electron chi connectivity index (χ2n) is 4.71. The van der Waals surface area contributed by atoms with Gasteiger partial charge in [0.1, 0.15) is 5.69 Å². The molecule has 0 spiro atoms. The summed E-state index contributed by atoms with van der Waals surface area (Å²) in [6, 6.07) is 12.4. The summed E-state index contributed by atoms with van der Waals surface area (Å²) < 4.78 is 27.7. The molecule has 0 saturated heterocycles. The molecular formula is C15H14ClF2N3. The van der Waals surface area contributed by atoms with E-state index < -0.39 is 6.43 Å². The number of anilines is 1. The fraction of sp³-hybridized carbons (Fsp3) is 0.133. The zero-order valence-electron chi connectivity index (χ0n) is 11.3. The van der Waals surface area contributed by atoms with E-state index in [2.05, 4.69) is 5.10 Å². The molecule has 0 amide bonds. The number of aromatic nitrogens is 2. The quantitative estimate of drug-likeness (QED) is 0.718. The second kappa shape index (κ2) is 5.69. The van der Waals surface area contributed by atoms with Gasteiger partial charge in [0.25, 0.3) is 6.43 Å². The van der Waals surface area contributed by atoms with Gasteiger partial charge >= 0.3 is 0 Å². The third-order valence-electron chi connectivity index (χ3n) is 3.19. The van der Waals surface area contributed by atoms with Gasteiger partial charge in [0, 0.05) is 11.1 Å². The number of nitrogen functional groups attached to an aromatic ring is 1. The van der Waals surface area contributed by atoms with Crippen molar-refractivity contribution in [1.82, 2.24) is 9.78 Å². The number of rotatable bonds is 2. The fourth-order valence-electron chi connectivity index (χ4n) is 2.27. The van der Waals surface area contributed by atoms with E-state index in [4.69, 9.17) is 5.73 Å². The lowest BCUT2D eigenvalue weighted by Crippen LogP contribution is -1.98. The highest BCUT2D eigenvalue weighted by molar-refractivity contribution is 5.86. The summed E-state index contributed by atoms with van der Waals surface area (Å²) in [5.41, 5.74) is 8.42. The normalized spacial score (nSPS) is 10.9. The first-order valence-electron chi connectivity index (χ1n) is 6.19. The highest BCUT2D eigenvalue weighted by Gasteiger charge is 2.19. The number of alkyl halides is 2. The Morgan fingerprint density at radius 3 is 2.57 bits per heavy atom. The van der Waals surface area contributed by atoms with Crippen molar-refractivity contribution >= 4 is 29.0 Å². The summed E-state index contributed by atoms with van der Waals surface area (Å²) >= 11 is 0. The number of hydrogen-bond donors (Lipinski definition) is 1. The number of nitrogens with zero attached hydrogens (tertiary/aromatic N) is 2. The van der Waals surface area contributed by atoms with Crippen LogP contribution in [0.4, 0.5) is 14.5 Å². The smallest absolute Gasteiger partial charge is 0.282 e. The SMILES string of the molecule is Cc1cccc(-n2nc(C(F)F)c3ccc(N)cc32)c1.Cl. The van der Waals surface area contributed by atoms with Crippen molar-refractivity contribution < 1.29 is 8.78 Å². The molecule has 0 atom stereocenters. The van der Waals surface area contributed by atoms with E-state index in [1.807, 2.05) is 31.2 Å². The average molecular weight is 310 g/mol. The highest BCUT2D eigenvalue weighted by Crippen LogP contribution is 2.30. The molecule has 21 heavy (non-hydrogen) atoms. The first kappa shape index (κ1) is 15.3. The van der Waals surface area contributed by atoms with Crippen LogP contribution in [0.15, 0.2) is 42.5 Å². The van der Waals surface area contributed by atoms with Gasteiger partial charge in [-0.25, -0.2) is 13.5 Å². The predicted molar refractivity (Wildman–Crippen MR) is 82.4 cm³/mol. The Bertz CT molecular complexity index is 784. The molecule has 3 aromatic rings. The van der Waals surface area contributed by atoms with Crippen molar-refractivity contribution in [1.29, 1.82) is 0 Å². The summed E-state index contributed by atoms with van der Waals surface area (Å²) in [5, 5.41) is 4.48. The van der Waals surface area contributed by atoms with E-state index in [1.165, 1.54) is 4.68 Å².